The van der Waals surface area contributed by atoms with Gasteiger partial charge in [0.2, 0.25) is 0 Å². The minimum atomic E-state index is 0. The maximum Gasteiger partial charge on any atom is 0.0815 e. The van der Waals surface area contributed by atoms with Gasteiger partial charge >= 0.3 is 0 Å². The van der Waals surface area contributed by atoms with Crippen molar-refractivity contribution in [3.8, 4) is 0 Å². The van der Waals surface area contributed by atoms with Crippen LogP contribution in [-0.4, -0.2) is 18.7 Å². The van der Waals surface area contributed by atoms with Gasteiger partial charge in [-0.05, 0) is 31.3 Å². The molecule has 0 aromatic heterocycles. The van der Waals surface area contributed by atoms with Gasteiger partial charge in [0.1, 0.15) is 0 Å². The molecule has 1 saturated carbocycles. The molecule has 0 bridgehead atoms. The van der Waals surface area contributed by atoms with E-state index in [9.17, 15) is 0 Å². The molecule has 0 aromatic carbocycles. The van der Waals surface area contributed by atoms with Gasteiger partial charge in [0.05, 0.1) is 6.10 Å². The molecular weight excluding hydrogens is 164 g/mol. The molecule has 1 rings (SSSR count). The molecular formula is C11H20O2. The first-order chi connectivity index (χ1) is 5.77. The van der Waals surface area contributed by atoms with Crippen LogP contribution in [0.2, 0.25) is 0 Å². The Balaban J connectivity index is 0.00000144. The lowest BCUT2D eigenvalue weighted by atomic mass is 9.88. The van der Waals surface area contributed by atoms with E-state index in [1.165, 1.54) is 17.6 Å². The standard InChI is InChI=1S/C11H18O.H2O/c1-4-5-10-7-6-9(2)11(8-10)12-3;/h5,11H,2,4,6-8H2,1,3H3;1H2/b10-5+;/t11-;/m1./s1. The Morgan fingerprint density at radius 3 is 2.77 bits per heavy atom. The lowest BCUT2D eigenvalue weighted by Crippen LogP contribution is -2.18. The molecule has 76 valence electrons. The van der Waals surface area contributed by atoms with E-state index in [2.05, 4.69) is 19.6 Å². The molecule has 13 heavy (non-hydrogen) atoms. The molecule has 0 unspecified atom stereocenters. The van der Waals surface area contributed by atoms with Crippen LogP contribution in [0.15, 0.2) is 23.8 Å². The second kappa shape index (κ2) is 5.95. The van der Waals surface area contributed by atoms with Gasteiger partial charge in [-0.3, -0.25) is 0 Å². The first-order valence-electron chi connectivity index (χ1n) is 4.66. The molecule has 0 amide bonds. The highest BCUT2D eigenvalue weighted by molar-refractivity contribution is 5.18. The fourth-order valence-corrected chi connectivity index (χ4v) is 1.69. The van der Waals surface area contributed by atoms with Crippen LogP contribution in [0, 0.1) is 0 Å². The Morgan fingerprint density at radius 1 is 1.54 bits per heavy atom. The maximum absolute atomic E-state index is 5.34. The zero-order valence-electron chi connectivity index (χ0n) is 8.60. The van der Waals surface area contributed by atoms with E-state index >= 15 is 0 Å². The topological polar surface area (TPSA) is 40.7 Å². The van der Waals surface area contributed by atoms with Crippen molar-refractivity contribution in [2.75, 3.05) is 7.11 Å². The smallest absolute Gasteiger partial charge is 0.0815 e. The van der Waals surface area contributed by atoms with Crippen LogP contribution < -0.4 is 0 Å². The second-order valence-electron chi connectivity index (χ2n) is 3.36. The number of rotatable bonds is 2. The highest BCUT2D eigenvalue weighted by Gasteiger charge is 2.18. The van der Waals surface area contributed by atoms with Crippen molar-refractivity contribution in [2.45, 2.75) is 38.7 Å². The van der Waals surface area contributed by atoms with Crippen LogP contribution in [0.1, 0.15) is 32.6 Å². The van der Waals surface area contributed by atoms with Crippen LogP contribution in [0.25, 0.3) is 0 Å². The quantitative estimate of drug-likeness (QED) is 0.607. The summed E-state index contributed by atoms with van der Waals surface area (Å²) >= 11 is 0. The molecule has 0 aliphatic heterocycles. The van der Waals surface area contributed by atoms with Crippen LogP contribution in [0.3, 0.4) is 0 Å². The Morgan fingerprint density at radius 2 is 2.23 bits per heavy atom. The average Bonchev–Trinajstić information content (AvgIpc) is 2.09. The number of ether oxygens (including phenoxy) is 1. The molecule has 2 nitrogen and oxygen atoms in total. The summed E-state index contributed by atoms with van der Waals surface area (Å²) in [6.07, 6.45) is 7.08. The van der Waals surface area contributed by atoms with Crippen molar-refractivity contribution in [3.63, 3.8) is 0 Å². The molecule has 0 aromatic rings. The lowest BCUT2D eigenvalue weighted by Gasteiger charge is -2.25. The molecule has 0 saturated heterocycles. The van der Waals surface area contributed by atoms with E-state index < -0.39 is 0 Å². The van der Waals surface area contributed by atoms with Gasteiger partial charge in [-0.25, -0.2) is 0 Å². The van der Waals surface area contributed by atoms with Crippen LogP contribution in [0.5, 0.6) is 0 Å². The summed E-state index contributed by atoms with van der Waals surface area (Å²) in [6.45, 7) is 6.19. The van der Waals surface area contributed by atoms with E-state index in [4.69, 9.17) is 4.74 Å². The minimum absolute atomic E-state index is 0. The molecule has 2 N–H and O–H groups in total. The van der Waals surface area contributed by atoms with E-state index in [-0.39, 0.29) is 11.6 Å². The number of hydrogen-bond acceptors (Lipinski definition) is 1. The van der Waals surface area contributed by atoms with Crippen molar-refractivity contribution >= 4 is 0 Å². The van der Waals surface area contributed by atoms with Gasteiger partial charge in [0, 0.05) is 7.11 Å². The summed E-state index contributed by atoms with van der Waals surface area (Å²) in [5.74, 6) is 0. The second-order valence-corrected chi connectivity index (χ2v) is 3.36. The zero-order valence-corrected chi connectivity index (χ0v) is 8.60. The molecule has 1 fully saturated rings. The molecule has 1 aliphatic rings. The SMILES string of the molecule is C=C1CC/C(=C\CC)C[C@H]1OC.O. The Hall–Kier alpha value is -0.600. The van der Waals surface area contributed by atoms with Crippen molar-refractivity contribution in [3.05, 3.63) is 23.8 Å². The first-order valence-corrected chi connectivity index (χ1v) is 4.66. The predicted octanol–water partition coefficient (Wildman–Crippen LogP) is 2.25. The van der Waals surface area contributed by atoms with Gasteiger partial charge in [0.15, 0.2) is 0 Å². The van der Waals surface area contributed by atoms with Gasteiger partial charge in [0.25, 0.3) is 0 Å². The summed E-state index contributed by atoms with van der Waals surface area (Å²) in [4.78, 5) is 0. The van der Waals surface area contributed by atoms with E-state index in [1.807, 2.05) is 0 Å². The van der Waals surface area contributed by atoms with E-state index in [1.54, 1.807) is 7.11 Å². The molecule has 0 heterocycles. The van der Waals surface area contributed by atoms with Crippen molar-refractivity contribution in [1.82, 2.24) is 0 Å². The average molecular weight is 184 g/mol. The third kappa shape index (κ3) is 3.33. The van der Waals surface area contributed by atoms with Crippen molar-refractivity contribution in [2.24, 2.45) is 0 Å². The summed E-state index contributed by atoms with van der Waals surface area (Å²) < 4.78 is 5.34. The minimum Gasteiger partial charge on any atom is -0.412 e. The van der Waals surface area contributed by atoms with Crippen molar-refractivity contribution in [1.29, 1.82) is 0 Å². The normalized spacial score (nSPS) is 25.8. The van der Waals surface area contributed by atoms with Gasteiger partial charge in [-0.2, -0.15) is 0 Å². The monoisotopic (exact) mass is 184 g/mol. The zero-order chi connectivity index (χ0) is 8.97. The largest absolute Gasteiger partial charge is 0.412 e. The van der Waals surface area contributed by atoms with Crippen molar-refractivity contribution < 1.29 is 10.2 Å². The first kappa shape index (κ1) is 12.4. The molecule has 0 radical (unpaired) electrons. The summed E-state index contributed by atoms with van der Waals surface area (Å²) in [5, 5.41) is 0. The van der Waals surface area contributed by atoms with Gasteiger partial charge < -0.3 is 10.2 Å². The number of hydrogen-bond donors (Lipinski definition) is 0. The third-order valence-corrected chi connectivity index (χ3v) is 2.45. The fraction of sp³-hybridized carbons (Fsp3) is 0.636. The van der Waals surface area contributed by atoms with Gasteiger partial charge in [-0.15, -0.1) is 0 Å². The van der Waals surface area contributed by atoms with Crippen LogP contribution in [0.4, 0.5) is 0 Å². The predicted molar refractivity (Wildman–Crippen MR) is 55.8 cm³/mol. The summed E-state index contributed by atoms with van der Waals surface area (Å²) in [5.41, 5.74) is 2.79. The number of allylic oxidation sites excluding steroid dienone is 1. The molecule has 2 heteroatoms. The highest BCUT2D eigenvalue weighted by atomic mass is 16.5. The van der Waals surface area contributed by atoms with Gasteiger partial charge in [-0.1, -0.05) is 25.2 Å². The summed E-state index contributed by atoms with van der Waals surface area (Å²) in [6, 6.07) is 0. The highest BCUT2D eigenvalue weighted by Crippen LogP contribution is 2.28. The molecule has 1 aliphatic carbocycles. The van der Waals surface area contributed by atoms with E-state index in [0.29, 0.717) is 0 Å². The van der Waals surface area contributed by atoms with E-state index in [0.717, 1.165) is 19.3 Å². The Kier molecular flexibility index (Phi) is 5.67. The maximum atomic E-state index is 5.34. The Bertz CT molecular complexity index is 194. The molecule has 0 spiro atoms. The molecule has 1 atom stereocenters. The summed E-state index contributed by atoms with van der Waals surface area (Å²) in [7, 11) is 1.77. The lowest BCUT2D eigenvalue weighted by molar-refractivity contribution is 0.122. The third-order valence-electron chi connectivity index (χ3n) is 2.45. The van der Waals surface area contributed by atoms with Crippen LogP contribution >= 0.6 is 0 Å². The van der Waals surface area contributed by atoms with Crippen LogP contribution in [-0.2, 0) is 4.74 Å². The Labute approximate surface area is 80.6 Å². The number of methoxy groups -OCH3 is 1. The fourth-order valence-electron chi connectivity index (χ4n) is 1.69.